The van der Waals surface area contributed by atoms with E-state index in [0.29, 0.717) is 19.3 Å². The molecule has 1 unspecified atom stereocenters. The number of carbonyl (C=O) groups excluding carboxylic acids is 3. The lowest BCUT2D eigenvalue weighted by Crippen LogP contribution is -2.30. The third-order valence-corrected chi connectivity index (χ3v) is 8.49. The minimum atomic E-state index is -0.789. The molecule has 0 bridgehead atoms. The van der Waals surface area contributed by atoms with Crippen LogP contribution in [0.5, 0.6) is 0 Å². The molecule has 6 heteroatoms. The molecule has 0 N–H and O–H groups in total. The van der Waals surface area contributed by atoms with Crippen molar-refractivity contribution >= 4 is 17.9 Å². The van der Waals surface area contributed by atoms with Gasteiger partial charge in [-0.2, -0.15) is 0 Å². The van der Waals surface area contributed by atoms with E-state index < -0.39 is 6.10 Å². The normalized spacial score (nSPS) is 12.6. The summed E-state index contributed by atoms with van der Waals surface area (Å²) in [6, 6.07) is 0. The number of allylic oxidation sites excluding steroid dienone is 10. The van der Waals surface area contributed by atoms with Crippen molar-refractivity contribution in [2.45, 2.75) is 194 Å². The van der Waals surface area contributed by atoms with Crippen molar-refractivity contribution in [2.75, 3.05) is 13.2 Å². The second kappa shape index (κ2) is 39.9. The Hall–Kier alpha value is -2.89. The lowest BCUT2D eigenvalue weighted by Gasteiger charge is -2.18. The van der Waals surface area contributed by atoms with Gasteiger partial charge in [-0.15, -0.1) is 0 Å². The standard InChI is InChI=1S/C45H76O6/c1-4-7-10-13-16-19-21-22-23-24-25-27-29-32-35-38-44(47)50-41-42(40-49-43(46)37-34-31-28-18-15-12-9-6-3)51-45(48)39-36-33-30-26-20-17-14-11-8-5-2/h7,10-11,14,16,19,22-23,25,27,42H,4-6,8-9,12-13,15,17-18,20-21,24,26,28-41H2,1-3H3/b10-7-,14-11-,19-16-,23-22-,27-25-. The summed E-state index contributed by atoms with van der Waals surface area (Å²) in [4.78, 5) is 37.5. The maximum Gasteiger partial charge on any atom is 0.306 e. The Morgan fingerprint density at radius 1 is 0.412 bits per heavy atom. The molecular formula is C45H76O6. The molecule has 1 atom stereocenters. The number of esters is 3. The molecule has 0 saturated carbocycles. The minimum absolute atomic E-state index is 0.0910. The zero-order valence-electron chi connectivity index (χ0n) is 33.1. The minimum Gasteiger partial charge on any atom is -0.462 e. The van der Waals surface area contributed by atoms with Crippen LogP contribution >= 0.6 is 0 Å². The predicted molar refractivity (Wildman–Crippen MR) is 215 cm³/mol. The second-order valence-electron chi connectivity index (χ2n) is 13.5. The Morgan fingerprint density at radius 2 is 0.804 bits per heavy atom. The van der Waals surface area contributed by atoms with Crippen LogP contribution in [0.25, 0.3) is 0 Å². The van der Waals surface area contributed by atoms with Crippen molar-refractivity contribution in [2.24, 2.45) is 0 Å². The molecule has 0 fully saturated rings. The fraction of sp³-hybridized carbons (Fsp3) is 0.711. The van der Waals surface area contributed by atoms with Crippen LogP contribution < -0.4 is 0 Å². The maximum atomic E-state index is 12.6. The van der Waals surface area contributed by atoms with Crippen molar-refractivity contribution in [1.29, 1.82) is 0 Å². The molecule has 0 spiro atoms. The van der Waals surface area contributed by atoms with Gasteiger partial charge in [0, 0.05) is 19.3 Å². The van der Waals surface area contributed by atoms with Crippen molar-refractivity contribution in [1.82, 2.24) is 0 Å². The first-order valence-electron chi connectivity index (χ1n) is 20.8. The first kappa shape index (κ1) is 48.1. The fourth-order valence-electron chi connectivity index (χ4n) is 5.37. The van der Waals surface area contributed by atoms with Gasteiger partial charge < -0.3 is 14.2 Å². The SMILES string of the molecule is CC/C=C\C/C=C\C/C=C\C/C=C\CCCCC(=O)OCC(COC(=O)CCCCCCCCCC)OC(=O)CCCCCCC/C=C\CCC. The van der Waals surface area contributed by atoms with Gasteiger partial charge in [-0.05, 0) is 77.0 Å². The third kappa shape index (κ3) is 38.2. The fourth-order valence-corrected chi connectivity index (χ4v) is 5.37. The summed E-state index contributed by atoms with van der Waals surface area (Å²) in [5.41, 5.74) is 0. The van der Waals surface area contributed by atoms with Gasteiger partial charge >= 0.3 is 17.9 Å². The van der Waals surface area contributed by atoms with E-state index in [2.05, 4.69) is 81.5 Å². The molecule has 0 rings (SSSR count). The van der Waals surface area contributed by atoms with Crippen molar-refractivity contribution in [3.63, 3.8) is 0 Å². The highest BCUT2D eigenvalue weighted by Crippen LogP contribution is 2.12. The number of hydrogen-bond acceptors (Lipinski definition) is 6. The van der Waals surface area contributed by atoms with E-state index >= 15 is 0 Å². The molecule has 0 aliphatic heterocycles. The molecule has 0 aromatic carbocycles. The van der Waals surface area contributed by atoms with Crippen LogP contribution in [0.4, 0.5) is 0 Å². The molecule has 292 valence electrons. The molecule has 0 heterocycles. The van der Waals surface area contributed by atoms with E-state index in [1.165, 1.54) is 44.9 Å². The zero-order valence-corrected chi connectivity index (χ0v) is 33.1. The van der Waals surface area contributed by atoms with Crippen molar-refractivity contribution < 1.29 is 28.6 Å². The van der Waals surface area contributed by atoms with E-state index in [4.69, 9.17) is 14.2 Å². The van der Waals surface area contributed by atoms with E-state index in [1.807, 2.05) is 0 Å². The number of ether oxygens (including phenoxy) is 3. The molecule has 0 aliphatic rings. The molecule has 0 aromatic rings. The average Bonchev–Trinajstić information content (AvgIpc) is 3.12. The summed E-state index contributed by atoms with van der Waals surface area (Å²) in [6.45, 7) is 6.36. The van der Waals surface area contributed by atoms with E-state index in [-0.39, 0.29) is 31.1 Å². The Balaban J connectivity index is 4.43. The first-order valence-corrected chi connectivity index (χ1v) is 20.8. The number of hydrogen-bond donors (Lipinski definition) is 0. The van der Waals surface area contributed by atoms with Crippen LogP contribution in [0.1, 0.15) is 188 Å². The quantitative estimate of drug-likeness (QED) is 0.0278. The Bertz CT molecular complexity index is 960. The topological polar surface area (TPSA) is 78.9 Å². The molecule has 51 heavy (non-hydrogen) atoms. The maximum absolute atomic E-state index is 12.6. The van der Waals surface area contributed by atoms with Crippen LogP contribution in [0.3, 0.4) is 0 Å². The van der Waals surface area contributed by atoms with Gasteiger partial charge in [-0.3, -0.25) is 14.4 Å². The number of unbranched alkanes of at least 4 members (excludes halogenated alkanes) is 15. The van der Waals surface area contributed by atoms with Crippen LogP contribution in [0, 0.1) is 0 Å². The van der Waals surface area contributed by atoms with Gasteiger partial charge in [-0.25, -0.2) is 0 Å². The molecule has 0 radical (unpaired) electrons. The molecule has 6 nitrogen and oxygen atoms in total. The van der Waals surface area contributed by atoms with E-state index in [1.54, 1.807) is 0 Å². The summed E-state index contributed by atoms with van der Waals surface area (Å²) in [5, 5.41) is 0. The number of carbonyl (C=O) groups is 3. The molecule has 0 saturated heterocycles. The average molecular weight is 713 g/mol. The first-order chi connectivity index (χ1) is 25.0. The van der Waals surface area contributed by atoms with Crippen LogP contribution in [-0.2, 0) is 28.6 Å². The Kier molecular flexibility index (Phi) is 37.6. The zero-order chi connectivity index (χ0) is 37.3. The van der Waals surface area contributed by atoms with Crippen molar-refractivity contribution in [3.8, 4) is 0 Å². The lowest BCUT2D eigenvalue weighted by atomic mass is 10.1. The van der Waals surface area contributed by atoms with Crippen LogP contribution in [0.15, 0.2) is 60.8 Å². The Morgan fingerprint density at radius 3 is 1.33 bits per heavy atom. The van der Waals surface area contributed by atoms with E-state index in [0.717, 1.165) is 103 Å². The highest BCUT2D eigenvalue weighted by atomic mass is 16.6. The van der Waals surface area contributed by atoms with E-state index in [9.17, 15) is 14.4 Å². The predicted octanol–water partition coefficient (Wildman–Crippen LogP) is 13.0. The summed E-state index contributed by atoms with van der Waals surface area (Å²) in [7, 11) is 0. The monoisotopic (exact) mass is 713 g/mol. The summed E-state index contributed by atoms with van der Waals surface area (Å²) in [6.07, 6.45) is 46.4. The molecule has 0 aliphatic carbocycles. The van der Waals surface area contributed by atoms with Gasteiger partial charge in [-0.1, -0.05) is 152 Å². The third-order valence-electron chi connectivity index (χ3n) is 8.49. The lowest BCUT2D eigenvalue weighted by molar-refractivity contribution is -0.167. The highest BCUT2D eigenvalue weighted by Gasteiger charge is 2.19. The molecule has 0 aromatic heterocycles. The Labute approximate surface area is 313 Å². The summed E-state index contributed by atoms with van der Waals surface area (Å²) in [5.74, 6) is -0.958. The van der Waals surface area contributed by atoms with Gasteiger partial charge in [0.25, 0.3) is 0 Å². The smallest absolute Gasteiger partial charge is 0.306 e. The second-order valence-corrected chi connectivity index (χ2v) is 13.5. The summed E-state index contributed by atoms with van der Waals surface area (Å²) >= 11 is 0. The van der Waals surface area contributed by atoms with Gasteiger partial charge in [0.1, 0.15) is 13.2 Å². The highest BCUT2D eigenvalue weighted by molar-refractivity contribution is 5.71. The molecular weight excluding hydrogens is 636 g/mol. The van der Waals surface area contributed by atoms with Crippen LogP contribution in [0.2, 0.25) is 0 Å². The molecule has 0 amide bonds. The van der Waals surface area contributed by atoms with Crippen molar-refractivity contribution in [3.05, 3.63) is 60.8 Å². The van der Waals surface area contributed by atoms with Crippen LogP contribution in [-0.4, -0.2) is 37.2 Å². The van der Waals surface area contributed by atoms with Gasteiger partial charge in [0.05, 0.1) is 0 Å². The van der Waals surface area contributed by atoms with Gasteiger partial charge in [0.2, 0.25) is 0 Å². The van der Waals surface area contributed by atoms with Gasteiger partial charge in [0.15, 0.2) is 6.10 Å². The number of rotatable bonds is 36. The largest absolute Gasteiger partial charge is 0.462 e. The summed E-state index contributed by atoms with van der Waals surface area (Å²) < 4.78 is 16.6.